The zero-order chi connectivity index (χ0) is 10.1. The van der Waals surface area contributed by atoms with E-state index >= 15 is 0 Å². The Bertz CT molecular complexity index is 463. The van der Waals surface area contributed by atoms with Gasteiger partial charge in [-0.25, -0.2) is 4.39 Å². The highest BCUT2D eigenvalue weighted by molar-refractivity contribution is 5.83. The van der Waals surface area contributed by atoms with Crippen LogP contribution in [0, 0.1) is 5.82 Å². The number of benzene rings is 2. The van der Waals surface area contributed by atoms with Crippen molar-refractivity contribution in [2.45, 2.75) is 13.0 Å². The van der Waals surface area contributed by atoms with Gasteiger partial charge < -0.3 is 5.73 Å². The molecule has 2 aromatic rings. The van der Waals surface area contributed by atoms with Gasteiger partial charge in [0.2, 0.25) is 0 Å². The molecule has 2 aromatic carbocycles. The molecule has 1 nitrogen and oxygen atoms in total. The van der Waals surface area contributed by atoms with E-state index in [1.807, 2.05) is 25.1 Å². The molecule has 72 valence electrons. The SMILES string of the molecule is CC(N)c1ccc2cc(F)ccc2c1. The van der Waals surface area contributed by atoms with Crippen LogP contribution in [0.3, 0.4) is 0 Å². The van der Waals surface area contributed by atoms with E-state index in [0.29, 0.717) is 0 Å². The van der Waals surface area contributed by atoms with Gasteiger partial charge in [-0.1, -0.05) is 18.2 Å². The lowest BCUT2D eigenvalue weighted by atomic mass is 10.0. The Balaban J connectivity index is 2.62. The van der Waals surface area contributed by atoms with Crippen molar-refractivity contribution in [3.8, 4) is 0 Å². The number of hydrogen-bond donors (Lipinski definition) is 1. The minimum Gasteiger partial charge on any atom is -0.324 e. The molecule has 0 aliphatic heterocycles. The summed E-state index contributed by atoms with van der Waals surface area (Å²) in [6, 6.07) is 10.6. The van der Waals surface area contributed by atoms with Crippen LogP contribution in [0.5, 0.6) is 0 Å². The third kappa shape index (κ3) is 1.61. The highest BCUT2D eigenvalue weighted by Crippen LogP contribution is 2.19. The van der Waals surface area contributed by atoms with E-state index in [2.05, 4.69) is 0 Å². The molecule has 0 saturated heterocycles. The van der Waals surface area contributed by atoms with E-state index in [0.717, 1.165) is 16.3 Å². The summed E-state index contributed by atoms with van der Waals surface area (Å²) in [6.45, 7) is 1.94. The molecule has 0 saturated carbocycles. The Morgan fingerprint density at radius 1 is 1.07 bits per heavy atom. The number of halogens is 1. The van der Waals surface area contributed by atoms with Crippen LogP contribution < -0.4 is 5.73 Å². The van der Waals surface area contributed by atoms with Gasteiger partial charge >= 0.3 is 0 Å². The summed E-state index contributed by atoms with van der Waals surface area (Å²) in [5.41, 5.74) is 6.83. The summed E-state index contributed by atoms with van der Waals surface area (Å²) >= 11 is 0. The van der Waals surface area contributed by atoms with Crippen LogP contribution in [0.2, 0.25) is 0 Å². The highest BCUT2D eigenvalue weighted by Gasteiger charge is 2.01. The Morgan fingerprint density at radius 2 is 1.71 bits per heavy atom. The van der Waals surface area contributed by atoms with Gasteiger partial charge in [-0.3, -0.25) is 0 Å². The Morgan fingerprint density at radius 3 is 2.43 bits per heavy atom. The fraction of sp³-hybridized carbons (Fsp3) is 0.167. The topological polar surface area (TPSA) is 26.0 Å². The molecule has 1 unspecified atom stereocenters. The molecule has 0 aromatic heterocycles. The lowest BCUT2D eigenvalue weighted by Gasteiger charge is -2.06. The molecule has 0 radical (unpaired) electrons. The van der Waals surface area contributed by atoms with E-state index in [9.17, 15) is 4.39 Å². The highest BCUT2D eigenvalue weighted by atomic mass is 19.1. The average molecular weight is 189 g/mol. The van der Waals surface area contributed by atoms with Crippen molar-refractivity contribution in [2.75, 3.05) is 0 Å². The summed E-state index contributed by atoms with van der Waals surface area (Å²) < 4.78 is 12.9. The first-order chi connectivity index (χ1) is 6.66. The lowest BCUT2D eigenvalue weighted by molar-refractivity contribution is 0.629. The summed E-state index contributed by atoms with van der Waals surface area (Å²) in [6.07, 6.45) is 0. The van der Waals surface area contributed by atoms with Crippen LogP contribution in [0.15, 0.2) is 36.4 Å². The van der Waals surface area contributed by atoms with Gasteiger partial charge in [0, 0.05) is 6.04 Å². The second kappa shape index (κ2) is 3.39. The molecule has 2 rings (SSSR count). The van der Waals surface area contributed by atoms with Crippen molar-refractivity contribution >= 4 is 10.8 Å². The summed E-state index contributed by atoms with van der Waals surface area (Å²) in [5, 5.41) is 1.94. The normalized spacial score (nSPS) is 13.1. The van der Waals surface area contributed by atoms with Crippen LogP contribution in [-0.2, 0) is 0 Å². The molecular formula is C12H12FN. The molecular weight excluding hydrogens is 177 g/mol. The fourth-order valence-electron chi connectivity index (χ4n) is 1.52. The van der Waals surface area contributed by atoms with Crippen molar-refractivity contribution in [1.29, 1.82) is 0 Å². The third-order valence-electron chi connectivity index (χ3n) is 2.35. The standard InChI is InChI=1S/C12H12FN/c1-8(14)9-2-3-11-7-12(13)5-4-10(11)6-9/h2-8H,14H2,1H3. The maximum absolute atomic E-state index is 12.9. The van der Waals surface area contributed by atoms with Gasteiger partial charge in [0.15, 0.2) is 0 Å². The molecule has 0 aliphatic carbocycles. The second-order valence-electron chi connectivity index (χ2n) is 3.54. The van der Waals surface area contributed by atoms with Crippen LogP contribution in [0.1, 0.15) is 18.5 Å². The number of fused-ring (bicyclic) bond motifs is 1. The van der Waals surface area contributed by atoms with Gasteiger partial charge in [0.1, 0.15) is 5.82 Å². The molecule has 0 bridgehead atoms. The Hall–Kier alpha value is -1.41. The number of rotatable bonds is 1. The predicted molar refractivity (Wildman–Crippen MR) is 56.5 cm³/mol. The van der Waals surface area contributed by atoms with E-state index < -0.39 is 0 Å². The Labute approximate surface area is 82.3 Å². The number of nitrogens with two attached hydrogens (primary N) is 1. The lowest BCUT2D eigenvalue weighted by Crippen LogP contribution is -2.04. The van der Waals surface area contributed by atoms with E-state index in [-0.39, 0.29) is 11.9 Å². The summed E-state index contributed by atoms with van der Waals surface area (Å²) in [5.74, 6) is -0.203. The van der Waals surface area contributed by atoms with Gasteiger partial charge in [-0.2, -0.15) is 0 Å². The predicted octanol–water partition coefficient (Wildman–Crippen LogP) is 3.00. The molecule has 0 fully saturated rings. The average Bonchev–Trinajstić information content (AvgIpc) is 2.16. The van der Waals surface area contributed by atoms with E-state index in [1.165, 1.54) is 12.1 Å². The smallest absolute Gasteiger partial charge is 0.123 e. The van der Waals surface area contributed by atoms with Gasteiger partial charge in [0.05, 0.1) is 0 Å². The Kier molecular flexibility index (Phi) is 2.22. The first-order valence-electron chi connectivity index (χ1n) is 4.61. The maximum atomic E-state index is 12.9. The van der Waals surface area contributed by atoms with E-state index in [1.54, 1.807) is 6.07 Å². The monoisotopic (exact) mass is 189 g/mol. The second-order valence-corrected chi connectivity index (χ2v) is 3.54. The summed E-state index contributed by atoms with van der Waals surface area (Å²) in [4.78, 5) is 0. The zero-order valence-electron chi connectivity index (χ0n) is 8.00. The van der Waals surface area contributed by atoms with Crippen LogP contribution in [0.25, 0.3) is 10.8 Å². The quantitative estimate of drug-likeness (QED) is 0.733. The van der Waals surface area contributed by atoms with Crippen molar-refractivity contribution < 1.29 is 4.39 Å². The minimum atomic E-state index is -0.203. The largest absolute Gasteiger partial charge is 0.324 e. The molecule has 14 heavy (non-hydrogen) atoms. The molecule has 0 amide bonds. The van der Waals surface area contributed by atoms with Crippen LogP contribution in [-0.4, -0.2) is 0 Å². The number of hydrogen-bond acceptors (Lipinski definition) is 1. The van der Waals surface area contributed by atoms with Crippen LogP contribution in [0.4, 0.5) is 4.39 Å². The van der Waals surface area contributed by atoms with Gasteiger partial charge in [-0.05, 0) is 41.5 Å². The maximum Gasteiger partial charge on any atom is 0.123 e. The van der Waals surface area contributed by atoms with Crippen LogP contribution >= 0.6 is 0 Å². The van der Waals surface area contributed by atoms with Gasteiger partial charge in [0.25, 0.3) is 0 Å². The molecule has 0 spiro atoms. The summed E-state index contributed by atoms with van der Waals surface area (Å²) in [7, 11) is 0. The molecule has 2 N–H and O–H groups in total. The fourth-order valence-corrected chi connectivity index (χ4v) is 1.52. The van der Waals surface area contributed by atoms with Gasteiger partial charge in [-0.15, -0.1) is 0 Å². The van der Waals surface area contributed by atoms with E-state index in [4.69, 9.17) is 5.73 Å². The minimum absolute atomic E-state index is 0.0180. The molecule has 0 heterocycles. The van der Waals surface area contributed by atoms with Crippen molar-refractivity contribution in [2.24, 2.45) is 5.73 Å². The zero-order valence-corrected chi connectivity index (χ0v) is 8.00. The molecule has 1 atom stereocenters. The molecule has 0 aliphatic rings. The first kappa shape index (κ1) is 9.16. The molecule has 2 heteroatoms. The third-order valence-corrected chi connectivity index (χ3v) is 2.35. The van der Waals surface area contributed by atoms with Crippen molar-refractivity contribution in [1.82, 2.24) is 0 Å². The van der Waals surface area contributed by atoms with Crippen molar-refractivity contribution in [3.05, 3.63) is 47.8 Å². The van der Waals surface area contributed by atoms with Crippen molar-refractivity contribution in [3.63, 3.8) is 0 Å². The first-order valence-corrected chi connectivity index (χ1v) is 4.61.